The molecule has 0 radical (unpaired) electrons. The van der Waals surface area contributed by atoms with Crippen molar-refractivity contribution in [2.75, 3.05) is 6.66 Å². The highest BCUT2D eigenvalue weighted by Crippen LogP contribution is 2.58. The van der Waals surface area contributed by atoms with Gasteiger partial charge in [0.05, 0.1) is 5.69 Å². The molecule has 90 valence electrons. The Morgan fingerprint density at radius 3 is 2.56 bits per heavy atom. The molecule has 1 rings (SSSR count). The molecule has 0 fully saturated rings. The number of pyridine rings is 1. The maximum Gasteiger partial charge on any atom is 0.479 e. The lowest BCUT2D eigenvalue weighted by Gasteiger charge is -2.12. The van der Waals surface area contributed by atoms with E-state index in [-0.39, 0.29) is 6.61 Å². The van der Waals surface area contributed by atoms with Crippen molar-refractivity contribution in [2.45, 2.75) is 6.61 Å². The van der Waals surface area contributed by atoms with Crippen LogP contribution in [0, 0.1) is 0 Å². The first-order chi connectivity index (χ1) is 7.29. The predicted molar refractivity (Wildman–Crippen MR) is 55.7 cm³/mol. The molecule has 1 heterocycles. The standard InChI is InChI=1S/C7H11NO6P2/c1-15(9,10)14-16(11,12)13-6-7-4-2-3-5-8-7/h2-5H,6H2,1H3,(H,9,10)(H,11,12). The van der Waals surface area contributed by atoms with Gasteiger partial charge in [-0.15, -0.1) is 0 Å². The summed E-state index contributed by atoms with van der Waals surface area (Å²) in [6, 6.07) is 4.92. The Balaban J connectivity index is 2.55. The second-order valence-corrected chi connectivity index (χ2v) is 6.40. The minimum atomic E-state index is -4.53. The molecule has 7 nitrogen and oxygen atoms in total. The first kappa shape index (κ1) is 13.5. The van der Waals surface area contributed by atoms with Crippen molar-refractivity contribution < 1.29 is 27.8 Å². The van der Waals surface area contributed by atoms with E-state index in [4.69, 9.17) is 9.79 Å². The minimum absolute atomic E-state index is 0.283. The summed E-state index contributed by atoms with van der Waals surface area (Å²) in [4.78, 5) is 21.7. The van der Waals surface area contributed by atoms with Gasteiger partial charge in [0, 0.05) is 12.9 Å². The summed E-state index contributed by atoms with van der Waals surface area (Å²) in [7, 11) is -8.60. The average molecular weight is 267 g/mol. The van der Waals surface area contributed by atoms with Gasteiger partial charge >= 0.3 is 15.4 Å². The van der Waals surface area contributed by atoms with Gasteiger partial charge in [0.15, 0.2) is 0 Å². The second-order valence-electron chi connectivity index (χ2n) is 2.95. The number of rotatable bonds is 5. The number of hydrogen-bond acceptors (Lipinski definition) is 5. The smallest absolute Gasteiger partial charge is 0.324 e. The number of phosphoric ester groups is 1. The Bertz CT molecular complexity index is 430. The monoisotopic (exact) mass is 267 g/mol. The van der Waals surface area contributed by atoms with Crippen molar-refractivity contribution >= 4 is 15.4 Å². The lowest BCUT2D eigenvalue weighted by molar-refractivity contribution is 0.187. The van der Waals surface area contributed by atoms with Crippen LogP contribution in [0.15, 0.2) is 24.4 Å². The van der Waals surface area contributed by atoms with Crippen LogP contribution in [0.2, 0.25) is 0 Å². The molecule has 0 aliphatic carbocycles. The molecule has 0 aromatic carbocycles. The average Bonchev–Trinajstić information content (AvgIpc) is 2.13. The van der Waals surface area contributed by atoms with Gasteiger partial charge in [-0.2, -0.15) is 0 Å². The van der Waals surface area contributed by atoms with Gasteiger partial charge in [-0.3, -0.25) is 14.1 Å². The molecule has 2 N–H and O–H groups in total. The summed E-state index contributed by atoms with van der Waals surface area (Å²) in [5.74, 6) is 0. The van der Waals surface area contributed by atoms with Gasteiger partial charge in [0.25, 0.3) is 0 Å². The Morgan fingerprint density at radius 1 is 1.38 bits per heavy atom. The summed E-state index contributed by atoms with van der Waals surface area (Å²) >= 11 is 0. The fraction of sp³-hybridized carbons (Fsp3) is 0.286. The number of phosphoric acid groups is 1. The van der Waals surface area contributed by atoms with E-state index in [9.17, 15) is 9.13 Å². The maximum atomic E-state index is 11.2. The summed E-state index contributed by atoms with van der Waals surface area (Å²) in [5.41, 5.74) is 0.407. The molecule has 0 saturated heterocycles. The van der Waals surface area contributed by atoms with Gasteiger partial charge in [0.2, 0.25) is 0 Å². The molecule has 2 unspecified atom stereocenters. The van der Waals surface area contributed by atoms with Gasteiger partial charge in [-0.1, -0.05) is 6.07 Å². The molecule has 0 spiro atoms. The molecule has 9 heteroatoms. The van der Waals surface area contributed by atoms with Crippen LogP contribution >= 0.6 is 15.4 Å². The van der Waals surface area contributed by atoms with Crippen LogP contribution in [0.5, 0.6) is 0 Å². The Morgan fingerprint density at radius 2 is 2.06 bits per heavy atom. The van der Waals surface area contributed by atoms with Crippen molar-refractivity contribution in [1.29, 1.82) is 0 Å². The first-order valence-corrected chi connectivity index (χ1v) is 7.69. The van der Waals surface area contributed by atoms with E-state index in [2.05, 4.69) is 13.8 Å². The van der Waals surface area contributed by atoms with Crippen molar-refractivity contribution in [3.05, 3.63) is 30.1 Å². The normalized spacial score (nSPS) is 18.7. The summed E-state index contributed by atoms with van der Waals surface area (Å²) < 4.78 is 30.4. The van der Waals surface area contributed by atoms with E-state index in [1.807, 2.05) is 0 Å². The van der Waals surface area contributed by atoms with E-state index in [0.29, 0.717) is 5.69 Å². The Kier molecular flexibility index (Phi) is 4.38. The molecule has 1 aromatic heterocycles. The molecule has 2 atom stereocenters. The Labute approximate surface area is 92.2 Å². The molecule has 0 amide bonds. The van der Waals surface area contributed by atoms with E-state index in [1.165, 1.54) is 6.20 Å². The van der Waals surface area contributed by atoms with Crippen LogP contribution < -0.4 is 0 Å². The van der Waals surface area contributed by atoms with Crippen molar-refractivity contribution in [3.8, 4) is 0 Å². The van der Waals surface area contributed by atoms with E-state index < -0.39 is 15.4 Å². The van der Waals surface area contributed by atoms with Crippen LogP contribution in [0.3, 0.4) is 0 Å². The lowest BCUT2D eigenvalue weighted by Crippen LogP contribution is -1.96. The maximum absolute atomic E-state index is 11.2. The topological polar surface area (TPSA) is 106 Å². The molecule has 0 bridgehead atoms. The third kappa shape index (κ3) is 5.51. The third-order valence-corrected chi connectivity index (χ3v) is 3.85. The fourth-order valence-corrected chi connectivity index (χ4v) is 2.86. The zero-order valence-corrected chi connectivity index (χ0v) is 10.2. The predicted octanol–water partition coefficient (Wildman–Crippen LogP) is 1.53. The Hall–Kier alpha value is -0.550. The van der Waals surface area contributed by atoms with E-state index in [1.54, 1.807) is 18.2 Å². The van der Waals surface area contributed by atoms with Crippen LogP contribution in [0.1, 0.15) is 5.69 Å². The van der Waals surface area contributed by atoms with Gasteiger partial charge < -0.3 is 9.79 Å². The molecule has 16 heavy (non-hydrogen) atoms. The van der Waals surface area contributed by atoms with E-state index >= 15 is 0 Å². The lowest BCUT2D eigenvalue weighted by atomic mass is 10.4. The SMILES string of the molecule is CP(=O)(O)OP(=O)(O)OCc1ccccn1. The van der Waals surface area contributed by atoms with Gasteiger partial charge in [0.1, 0.15) is 6.61 Å². The molecule has 0 aliphatic rings. The number of nitrogens with zero attached hydrogens (tertiary/aromatic N) is 1. The van der Waals surface area contributed by atoms with Gasteiger partial charge in [-0.25, -0.2) is 8.88 Å². The van der Waals surface area contributed by atoms with Crippen molar-refractivity contribution in [3.63, 3.8) is 0 Å². The van der Waals surface area contributed by atoms with Crippen molar-refractivity contribution in [2.24, 2.45) is 0 Å². The summed E-state index contributed by atoms with van der Waals surface area (Å²) in [6.45, 7) is 0.509. The highest BCUT2D eigenvalue weighted by Gasteiger charge is 2.29. The molecule has 1 aromatic rings. The van der Waals surface area contributed by atoms with E-state index in [0.717, 1.165) is 6.66 Å². The molecule has 0 aliphatic heterocycles. The van der Waals surface area contributed by atoms with Crippen LogP contribution in [-0.2, 0) is 24.6 Å². The highest BCUT2D eigenvalue weighted by atomic mass is 31.3. The van der Waals surface area contributed by atoms with Crippen LogP contribution in [0.25, 0.3) is 0 Å². The van der Waals surface area contributed by atoms with Crippen LogP contribution in [-0.4, -0.2) is 21.4 Å². The minimum Gasteiger partial charge on any atom is -0.324 e. The summed E-state index contributed by atoms with van der Waals surface area (Å²) in [6.07, 6.45) is 1.48. The zero-order chi connectivity index (χ0) is 12.2. The fourth-order valence-electron chi connectivity index (χ4n) is 0.846. The molecular formula is C7H11NO6P2. The van der Waals surface area contributed by atoms with Crippen molar-refractivity contribution in [1.82, 2.24) is 4.98 Å². The largest absolute Gasteiger partial charge is 0.479 e. The number of hydrogen-bond donors (Lipinski definition) is 2. The molecular weight excluding hydrogens is 256 g/mol. The first-order valence-electron chi connectivity index (χ1n) is 4.17. The summed E-state index contributed by atoms with van der Waals surface area (Å²) in [5, 5.41) is 0. The quantitative estimate of drug-likeness (QED) is 0.779. The van der Waals surface area contributed by atoms with Gasteiger partial charge in [-0.05, 0) is 12.1 Å². The van der Waals surface area contributed by atoms with Crippen LogP contribution in [0.4, 0.5) is 0 Å². The zero-order valence-electron chi connectivity index (χ0n) is 8.39. The highest BCUT2D eigenvalue weighted by molar-refractivity contribution is 7.63. The molecule has 0 saturated carbocycles. The second kappa shape index (κ2) is 5.19. The number of aromatic nitrogens is 1. The third-order valence-electron chi connectivity index (χ3n) is 1.36.